The lowest BCUT2D eigenvalue weighted by Gasteiger charge is -2.21. The first-order valence-electron chi connectivity index (χ1n) is 10.8. The van der Waals surface area contributed by atoms with Crippen molar-refractivity contribution in [2.75, 3.05) is 5.32 Å². The van der Waals surface area contributed by atoms with E-state index in [-0.39, 0.29) is 51.8 Å². The number of halogens is 6. The van der Waals surface area contributed by atoms with Crippen LogP contribution < -0.4 is 10.1 Å². The SMILES string of the molecule is C[C@H](O)c1nc(-c2cc(O[C@@H](C)C(F)(F)F)c(CNc3c(F)cccc3Cl)cc2F)nn1C1CC1. The van der Waals surface area contributed by atoms with E-state index in [9.17, 15) is 22.7 Å². The molecule has 0 amide bonds. The van der Waals surface area contributed by atoms with Crippen LogP contribution in [0.15, 0.2) is 30.3 Å². The summed E-state index contributed by atoms with van der Waals surface area (Å²) in [6.07, 6.45) is -6.21. The number of aliphatic hydroxyl groups excluding tert-OH is 1. The highest BCUT2D eigenvalue weighted by Gasteiger charge is 2.38. The van der Waals surface area contributed by atoms with E-state index in [1.807, 2.05) is 0 Å². The fraction of sp³-hybridized carbons (Fsp3) is 0.391. The van der Waals surface area contributed by atoms with Gasteiger partial charge in [0.1, 0.15) is 23.5 Å². The van der Waals surface area contributed by atoms with Gasteiger partial charge in [-0.2, -0.15) is 18.3 Å². The number of hydrogen-bond acceptors (Lipinski definition) is 5. The first-order valence-corrected chi connectivity index (χ1v) is 11.2. The summed E-state index contributed by atoms with van der Waals surface area (Å²) in [5.74, 6) is -1.65. The van der Waals surface area contributed by atoms with Crippen LogP contribution in [0.1, 0.15) is 50.2 Å². The molecule has 0 unspecified atom stereocenters. The standard InChI is InChI=1S/C23H22ClF5N4O2/c1-11(34)22-31-21(32-33(22)14-6-7-14)15-9-19(35-12(2)23(27,28)29)13(8-18(15)26)10-30-20-16(24)4-3-5-17(20)25/h3-5,8-9,11-12,14,30,34H,6-7,10H2,1-2H3/t11-,12-/m0/s1. The van der Waals surface area contributed by atoms with E-state index >= 15 is 4.39 Å². The summed E-state index contributed by atoms with van der Waals surface area (Å²) in [6, 6.07) is 6.07. The molecule has 6 nitrogen and oxygen atoms in total. The van der Waals surface area contributed by atoms with Crippen LogP contribution in [0.25, 0.3) is 11.4 Å². The lowest BCUT2D eigenvalue weighted by Crippen LogP contribution is -2.31. The third-order valence-corrected chi connectivity index (χ3v) is 5.81. The minimum atomic E-state index is -4.68. The number of alkyl halides is 3. The summed E-state index contributed by atoms with van der Waals surface area (Å²) in [4.78, 5) is 4.22. The fourth-order valence-electron chi connectivity index (χ4n) is 3.44. The molecule has 1 heterocycles. The summed E-state index contributed by atoms with van der Waals surface area (Å²) < 4.78 is 75.6. The first-order chi connectivity index (χ1) is 16.5. The third-order valence-electron chi connectivity index (χ3n) is 5.50. The zero-order valence-electron chi connectivity index (χ0n) is 18.7. The van der Waals surface area contributed by atoms with Crippen molar-refractivity contribution in [3.63, 3.8) is 0 Å². The molecule has 2 aromatic carbocycles. The molecule has 188 valence electrons. The van der Waals surface area contributed by atoms with Gasteiger partial charge in [-0.05, 0) is 51.0 Å². The van der Waals surface area contributed by atoms with Crippen LogP contribution in [0, 0.1) is 11.6 Å². The average Bonchev–Trinajstić information content (AvgIpc) is 3.52. The monoisotopic (exact) mass is 516 g/mol. The number of aliphatic hydroxyl groups is 1. The van der Waals surface area contributed by atoms with Crippen molar-refractivity contribution in [1.82, 2.24) is 14.8 Å². The molecule has 35 heavy (non-hydrogen) atoms. The summed E-state index contributed by atoms with van der Waals surface area (Å²) in [5.41, 5.74) is -0.276. The Hall–Kier alpha value is -2.92. The maximum absolute atomic E-state index is 15.2. The molecular weight excluding hydrogens is 495 g/mol. The summed E-state index contributed by atoms with van der Waals surface area (Å²) >= 11 is 5.99. The van der Waals surface area contributed by atoms with Crippen LogP contribution in [0.5, 0.6) is 5.75 Å². The molecule has 0 bridgehead atoms. The molecule has 2 N–H and O–H groups in total. The second-order valence-electron chi connectivity index (χ2n) is 8.34. The van der Waals surface area contributed by atoms with E-state index in [1.165, 1.54) is 23.7 Å². The van der Waals surface area contributed by atoms with E-state index < -0.39 is 30.0 Å². The van der Waals surface area contributed by atoms with Crippen molar-refractivity contribution in [2.24, 2.45) is 0 Å². The average molecular weight is 517 g/mol. The van der Waals surface area contributed by atoms with Gasteiger partial charge in [0.05, 0.1) is 22.3 Å². The predicted molar refractivity (Wildman–Crippen MR) is 119 cm³/mol. The summed E-state index contributed by atoms with van der Waals surface area (Å²) in [7, 11) is 0. The molecule has 1 aromatic heterocycles. The van der Waals surface area contributed by atoms with Crippen molar-refractivity contribution in [2.45, 2.75) is 57.7 Å². The smallest absolute Gasteiger partial charge is 0.425 e. The van der Waals surface area contributed by atoms with E-state index in [2.05, 4.69) is 15.4 Å². The number of hydrogen-bond donors (Lipinski definition) is 2. The van der Waals surface area contributed by atoms with Crippen LogP contribution in [0.2, 0.25) is 5.02 Å². The molecular formula is C23H22ClF5N4O2. The quantitative estimate of drug-likeness (QED) is 0.348. The maximum Gasteiger partial charge on any atom is 0.425 e. The molecule has 0 saturated heterocycles. The van der Waals surface area contributed by atoms with Gasteiger partial charge in [-0.15, -0.1) is 0 Å². The minimum Gasteiger partial charge on any atom is -0.481 e. The van der Waals surface area contributed by atoms with Gasteiger partial charge < -0.3 is 15.2 Å². The Labute approximate surface area is 202 Å². The van der Waals surface area contributed by atoms with Gasteiger partial charge in [0.2, 0.25) is 0 Å². The van der Waals surface area contributed by atoms with E-state index in [0.717, 1.165) is 38.0 Å². The van der Waals surface area contributed by atoms with E-state index in [4.69, 9.17) is 16.3 Å². The second-order valence-corrected chi connectivity index (χ2v) is 8.74. The molecule has 1 fully saturated rings. The number of aromatic nitrogens is 3. The molecule has 0 aliphatic heterocycles. The lowest BCUT2D eigenvalue weighted by atomic mass is 10.1. The summed E-state index contributed by atoms with van der Waals surface area (Å²) in [5, 5.41) is 17.0. The second kappa shape index (κ2) is 9.62. The Morgan fingerprint density at radius 2 is 1.91 bits per heavy atom. The Morgan fingerprint density at radius 1 is 1.20 bits per heavy atom. The van der Waals surface area contributed by atoms with Gasteiger partial charge in [-0.3, -0.25) is 0 Å². The van der Waals surface area contributed by atoms with Crippen LogP contribution in [-0.2, 0) is 6.54 Å². The van der Waals surface area contributed by atoms with Gasteiger partial charge in [-0.1, -0.05) is 17.7 Å². The number of benzene rings is 2. The highest BCUT2D eigenvalue weighted by atomic mass is 35.5. The largest absolute Gasteiger partial charge is 0.481 e. The highest BCUT2D eigenvalue weighted by molar-refractivity contribution is 6.33. The summed E-state index contributed by atoms with van der Waals surface area (Å²) in [6.45, 7) is 2.03. The van der Waals surface area contributed by atoms with Gasteiger partial charge in [0, 0.05) is 12.1 Å². The van der Waals surface area contributed by atoms with Gasteiger partial charge >= 0.3 is 6.18 Å². The van der Waals surface area contributed by atoms with Gasteiger partial charge in [0.15, 0.2) is 17.8 Å². The van der Waals surface area contributed by atoms with Crippen molar-refractivity contribution >= 4 is 17.3 Å². The van der Waals surface area contributed by atoms with Crippen LogP contribution >= 0.6 is 11.6 Å². The predicted octanol–water partition coefficient (Wildman–Crippen LogP) is 6.21. The number of nitrogens with zero attached hydrogens (tertiary/aromatic N) is 3. The molecule has 1 saturated carbocycles. The zero-order valence-corrected chi connectivity index (χ0v) is 19.5. The third kappa shape index (κ3) is 5.51. The molecule has 1 aliphatic rings. The minimum absolute atomic E-state index is 0.000884. The number of nitrogens with one attached hydrogen (secondary N) is 1. The highest BCUT2D eigenvalue weighted by Crippen LogP contribution is 2.38. The number of rotatable bonds is 8. The molecule has 3 aromatic rings. The van der Waals surface area contributed by atoms with Crippen molar-refractivity contribution < 1.29 is 31.8 Å². The Kier molecular flexibility index (Phi) is 6.92. The van der Waals surface area contributed by atoms with Crippen LogP contribution in [-0.4, -0.2) is 32.2 Å². The lowest BCUT2D eigenvalue weighted by molar-refractivity contribution is -0.189. The van der Waals surface area contributed by atoms with E-state index in [0.29, 0.717) is 0 Å². The van der Waals surface area contributed by atoms with Crippen molar-refractivity contribution in [3.8, 4) is 17.1 Å². The number of ether oxygens (including phenoxy) is 1. The maximum atomic E-state index is 15.2. The molecule has 0 spiro atoms. The normalized spacial score (nSPS) is 15.7. The molecule has 0 radical (unpaired) electrons. The topological polar surface area (TPSA) is 72.2 Å². The Balaban J connectivity index is 1.73. The van der Waals surface area contributed by atoms with Gasteiger partial charge in [0.25, 0.3) is 0 Å². The Bertz CT molecular complexity index is 1190. The molecule has 2 atom stereocenters. The van der Waals surface area contributed by atoms with Crippen molar-refractivity contribution in [1.29, 1.82) is 0 Å². The van der Waals surface area contributed by atoms with Crippen LogP contribution in [0.4, 0.5) is 27.6 Å². The van der Waals surface area contributed by atoms with Crippen molar-refractivity contribution in [3.05, 3.63) is 58.4 Å². The molecule has 1 aliphatic carbocycles. The first kappa shape index (κ1) is 25.2. The number of para-hydroxylation sites is 1. The van der Waals surface area contributed by atoms with E-state index in [1.54, 1.807) is 0 Å². The van der Waals surface area contributed by atoms with Gasteiger partial charge in [-0.25, -0.2) is 18.4 Å². The molecule has 4 rings (SSSR count). The molecule has 12 heteroatoms. The fourth-order valence-corrected chi connectivity index (χ4v) is 3.67. The zero-order chi connectivity index (χ0) is 25.5. The number of anilines is 1. The Morgan fingerprint density at radius 3 is 2.51 bits per heavy atom. The van der Waals surface area contributed by atoms with Crippen LogP contribution in [0.3, 0.4) is 0 Å².